The Labute approximate surface area is 338 Å². The van der Waals surface area contributed by atoms with Crippen molar-refractivity contribution in [3.05, 3.63) is 143 Å². The van der Waals surface area contributed by atoms with Gasteiger partial charge in [-0.05, 0) is 101 Å². The summed E-state index contributed by atoms with van der Waals surface area (Å²) < 4.78 is 12.2. The number of fused-ring (bicyclic) bond motifs is 1. The zero-order valence-electron chi connectivity index (χ0n) is 32.6. The first-order valence-electron chi connectivity index (χ1n) is 20.0. The lowest BCUT2D eigenvalue weighted by Crippen LogP contribution is -2.52. The van der Waals surface area contributed by atoms with Gasteiger partial charge in [-0.1, -0.05) is 61.5 Å². The Morgan fingerprint density at radius 2 is 1.55 bits per heavy atom. The van der Waals surface area contributed by atoms with Crippen LogP contribution < -0.4 is 19.7 Å². The Balaban J connectivity index is 0.804. The van der Waals surface area contributed by atoms with Gasteiger partial charge in [0.05, 0.1) is 18.5 Å². The van der Waals surface area contributed by atoms with E-state index < -0.39 is 11.9 Å². The third-order valence-corrected chi connectivity index (χ3v) is 11.1. The van der Waals surface area contributed by atoms with Crippen molar-refractivity contribution in [3.8, 4) is 23.1 Å². The average molecular weight is 778 g/mol. The zero-order chi connectivity index (χ0) is 40.0. The number of anilines is 1. The number of allylic oxidation sites excluding steroid dienone is 1. The number of phenols is 1. The molecule has 1 aromatic heterocycles. The highest BCUT2D eigenvalue weighted by Crippen LogP contribution is 2.36. The summed E-state index contributed by atoms with van der Waals surface area (Å²) in [6.07, 6.45) is 4.17. The number of piperazine rings is 1. The highest BCUT2D eigenvalue weighted by molar-refractivity contribution is 6.05. The molecule has 2 fully saturated rings. The number of aromatic hydroxyl groups is 1. The molecule has 0 bridgehead atoms. The molecule has 58 heavy (non-hydrogen) atoms. The summed E-state index contributed by atoms with van der Waals surface area (Å²) in [5.41, 5.74) is 8.09. The summed E-state index contributed by atoms with van der Waals surface area (Å²) in [5.74, 6) is 1.29. The van der Waals surface area contributed by atoms with E-state index in [2.05, 4.69) is 69.5 Å². The quantitative estimate of drug-likeness (QED) is 0.0720. The molecule has 5 aromatic rings. The molecule has 0 radical (unpaired) electrons. The lowest BCUT2D eigenvalue weighted by Gasteiger charge is -2.35. The monoisotopic (exact) mass is 777 g/mol. The number of hydrogen-bond donors (Lipinski definition) is 2. The van der Waals surface area contributed by atoms with Crippen LogP contribution in [0.3, 0.4) is 0 Å². The van der Waals surface area contributed by atoms with Crippen molar-refractivity contribution in [2.24, 2.45) is 0 Å². The first-order chi connectivity index (χ1) is 28.3. The van der Waals surface area contributed by atoms with Crippen LogP contribution in [0.4, 0.5) is 5.69 Å². The van der Waals surface area contributed by atoms with E-state index in [0.29, 0.717) is 42.5 Å². The highest BCUT2D eigenvalue weighted by Gasteiger charge is 2.39. The van der Waals surface area contributed by atoms with Gasteiger partial charge in [0, 0.05) is 57.3 Å². The molecule has 11 nitrogen and oxygen atoms in total. The van der Waals surface area contributed by atoms with Crippen molar-refractivity contribution in [2.45, 2.75) is 45.2 Å². The van der Waals surface area contributed by atoms with E-state index >= 15 is 0 Å². The molecule has 4 heterocycles. The number of amides is 3. The highest BCUT2D eigenvalue weighted by atomic mass is 16.5. The van der Waals surface area contributed by atoms with Gasteiger partial charge < -0.3 is 24.4 Å². The maximum atomic E-state index is 13.0. The number of benzene rings is 4. The van der Waals surface area contributed by atoms with E-state index in [-0.39, 0.29) is 24.0 Å². The Kier molecular flexibility index (Phi) is 11.5. The second kappa shape index (κ2) is 17.4. The molecule has 2 N–H and O–H groups in total. The fourth-order valence-corrected chi connectivity index (χ4v) is 8.09. The third-order valence-electron chi connectivity index (χ3n) is 11.1. The Morgan fingerprint density at radius 1 is 0.828 bits per heavy atom. The largest absolute Gasteiger partial charge is 0.508 e. The minimum absolute atomic E-state index is 0.183. The number of aromatic nitrogens is 1. The number of piperidine rings is 1. The molecule has 3 aliphatic rings. The van der Waals surface area contributed by atoms with Gasteiger partial charge in [0.15, 0.2) is 0 Å². The fourth-order valence-electron chi connectivity index (χ4n) is 8.09. The average Bonchev–Trinajstić information content (AvgIpc) is 3.57. The van der Waals surface area contributed by atoms with Gasteiger partial charge in [-0.3, -0.25) is 24.6 Å². The normalized spacial score (nSPS) is 17.5. The molecular formula is C47H47N5O6. The number of hydrogen-bond acceptors (Lipinski definition) is 9. The maximum absolute atomic E-state index is 13.0. The SMILES string of the molecule is CC/C(=C(\c1ccc(O)cc1)c1ccc(Oc2ccc(N3CCN(CCCOc4ccc5c(c4)CN(C4CCC(=O)NC4=O)C5=O)CC3)cn2)cc1)c1ccccc1. The van der Waals surface area contributed by atoms with Gasteiger partial charge >= 0.3 is 0 Å². The molecule has 3 amide bonds. The van der Waals surface area contributed by atoms with E-state index in [1.54, 1.807) is 23.1 Å². The molecule has 2 saturated heterocycles. The fraction of sp³-hybridized carbons (Fsp3) is 0.277. The number of carbonyl (C=O) groups is 3. The molecular weight excluding hydrogens is 731 g/mol. The van der Waals surface area contributed by atoms with Crippen LogP contribution in [0.1, 0.15) is 65.2 Å². The van der Waals surface area contributed by atoms with E-state index in [4.69, 9.17) is 9.47 Å². The van der Waals surface area contributed by atoms with Crippen molar-refractivity contribution in [2.75, 3.05) is 44.2 Å². The van der Waals surface area contributed by atoms with Crippen LogP contribution in [0.2, 0.25) is 0 Å². The predicted molar refractivity (Wildman–Crippen MR) is 223 cm³/mol. The first kappa shape index (κ1) is 38.4. The summed E-state index contributed by atoms with van der Waals surface area (Å²) in [4.78, 5) is 47.9. The molecule has 8 rings (SSSR count). The minimum atomic E-state index is -0.626. The first-order valence-corrected chi connectivity index (χ1v) is 20.0. The van der Waals surface area contributed by atoms with Crippen LogP contribution in [-0.2, 0) is 16.1 Å². The van der Waals surface area contributed by atoms with Crippen LogP contribution in [0.15, 0.2) is 115 Å². The van der Waals surface area contributed by atoms with E-state index in [0.717, 1.165) is 73.5 Å². The third kappa shape index (κ3) is 8.59. The van der Waals surface area contributed by atoms with Crippen LogP contribution in [0.25, 0.3) is 11.1 Å². The molecule has 1 atom stereocenters. The van der Waals surface area contributed by atoms with Gasteiger partial charge in [-0.15, -0.1) is 0 Å². The van der Waals surface area contributed by atoms with Crippen LogP contribution >= 0.6 is 0 Å². The number of nitrogens with zero attached hydrogens (tertiary/aromatic N) is 4. The van der Waals surface area contributed by atoms with Gasteiger partial charge in [0.1, 0.15) is 23.3 Å². The molecule has 1 unspecified atom stereocenters. The van der Waals surface area contributed by atoms with Crippen molar-refractivity contribution in [1.82, 2.24) is 20.1 Å². The zero-order valence-corrected chi connectivity index (χ0v) is 32.6. The van der Waals surface area contributed by atoms with Crippen molar-refractivity contribution in [3.63, 3.8) is 0 Å². The number of carbonyl (C=O) groups excluding carboxylic acids is 3. The molecule has 296 valence electrons. The Morgan fingerprint density at radius 3 is 2.24 bits per heavy atom. The standard InChI is InChI=1S/C47H47N5O6/c1-2-40(32-7-4-3-5-8-32)45(33-9-14-37(53)15-10-33)34-11-16-38(17-12-34)58-44-22-13-36(30-48-44)51-26-24-50(25-27-51)23-6-28-57-39-18-19-41-35(29-39)31-52(47(41)56)42-20-21-43(54)49-46(42)55/h3-5,7-19,22,29-30,42,53H,2,6,20-21,23-28,31H2,1H3,(H,49,54,55)/b45-40-. The molecule has 3 aliphatic heterocycles. The van der Waals surface area contributed by atoms with Gasteiger partial charge in [0.25, 0.3) is 5.91 Å². The van der Waals surface area contributed by atoms with Gasteiger partial charge in [-0.25, -0.2) is 4.98 Å². The number of ether oxygens (including phenoxy) is 2. The number of phenolic OH excluding ortho intramolecular Hbond substituents is 1. The van der Waals surface area contributed by atoms with Crippen LogP contribution in [-0.4, -0.2) is 83.0 Å². The topological polar surface area (TPSA) is 125 Å². The maximum Gasteiger partial charge on any atom is 0.255 e. The summed E-state index contributed by atoms with van der Waals surface area (Å²) >= 11 is 0. The lowest BCUT2D eigenvalue weighted by molar-refractivity contribution is -0.136. The number of imide groups is 1. The van der Waals surface area contributed by atoms with Gasteiger partial charge in [0.2, 0.25) is 17.7 Å². The van der Waals surface area contributed by atoms with Crippen molar-refractivity contribution < 1.29 is 29.0 Å². The predicted octanol–water partition coefficient (Wildman–Crippen LogP) is 7.30. The van der Waals surface area contributed by atoms with E-state index in [1.165, 1.54) is 11.1 Å². The number of rotatable bonds is 13. The van der Waals surface area contributed by atoms with Crippen LogP contribution in [0.5, 0.6) is 23.1 Å². The molecule has 4 aromatic carbocycles. The second-order valence-electron chi connectivity index (χ2n) is 14.9. The Hall–Kier alpha value is -6.46. The van der Waals surface area contributed by atoms with Gasteiger partial charge in [-0.2, -0.15) is 0 Å². The minimum Gasteiger partial charge on any atom is -0.508 e. The molecule has 0 saturated carbocycles. The molecule has 11 heteroatoms. The number of nitrogens with one attached hydrogen (secondary N) is 1. The van der Waals surface area contributed by atoms with Crippen LogP contribution in [0, 0.1) is 0 Å². The second-order valence-corrected chi connectivity index (χ2v) is 14.9. The van der Waals surface area contributed by atoms with E-state index in [1.807, 2.05) is 54.7 Å². The van der Waals surface area contributed by atoms with E-state index in [9.17, 15) is 19.5 Å². The molecule has 0 spiro atoms. The summed E-state index contributed by atoms with van der Waals surface area (Å²) in [6.45, 7) is 7.64. The number of pyridine rings is 1. The summed E-state index contributed by atoms with van der Waals surface area (Å²) in [5, 5.41) is 12.3. The van der Waals surface area contributed by atoms with Crippen molar-refractivity contribution in [1.29, 1.82) is 0 Å². The summed E-state index contributed by atoms with van der Waals surface area (Å²) in [6, 6.07) is 34.7. The smallest absolute Gasteiger partial charge is 0.255 e. The lowest BCUT2D eigenvalue weighted by atomic mass is 9.88. The Bertz CT molecular complexity index is 2290. The summed E-state index contributed by atoms with van der Waals surface area (Å²) in [7, 11) is 0. The van der Waals surface area contributed by atoms with Crippen molar-refractivity contribution >= 4 is 34.6 Å². The molecule has 0 aliphatic carbocycles.